The van der Waals surface area contributed by atoms with Crippen LogP contribution in [-0.2, 0) is 4.79 Å². The van der Waals surface area contributed by atoms with Gasteiger partial charge in [-0.05, 0) is 35.4 Å². The van der Waals surface area contributed by atoms with Crippen molar-refractivity contribution in [3.05, 3.63) is 69.7 Å². The van der Waals surface area contributed by atoms with Crippen LogP contribution < -0.4 is 16.8 Å². The van der Waals surface area contributed by atoms with Crippen LogP contribution in [0.4, 0.5) is 0 Å². The molecule has 1 fully saturated rings. The number of hydrogen-bond acceptors (Lipinski definition) is 3. The lowest BCUT2D eigenvalue weighted by Gasteiger charge is -2.41. The van der Waals surface area contributed by atoms with Gasteiger partial charge in [0.1, 0.15) is 0 Å². The van der Waals surface area contributed by atoms with Gasteiger partial charge in [-0.2, -0.15) is 0 Å². The fraction of sp³-hybridized carbons (Fsp3) is 0.278. The highest BCUT2D eigenvalue weighted by Gasteiger charge is 2.42. The predicted molar refractivity (Wildman–Crippen MR) is 97.0 cm³/mol. The summed E-state index contributed by atoms with van der Waals surface area (Å²) in [6, 6.07) is 15.2. The van der Waals surface area contributed by atoms with E-state index in [4.69, 9.17) is 34.7 Å². The van der Waals surface area contributed by atoms with Gasteiger partial charge in [0, 0.05) is 28.4 Å². The maximum absolute atomic E-state index is 12.1. The molecule has 2 aromatic carbocycles. The van der Waals surface area contributed by atoms with Crippen LogP contribution in [-0.4, -0.2) is 18.6 Å². The van der Waals surface area contributed by atoms with E-state index in [1.54, 1.807) is 0 Å². The van der Waals surface area contributed by atoms with Gasteiger partial charge in [-0.3, -0.25) is 4.79 Å². The Morgan fingerprint density at radius 3 is 1.96 bits per heavy atom. The molecule has 0 aromatic heterocycles. The Bertz CT molecular complexity index is 718. The molecular weight excluding hydrogens is 345 g/mol. The number of carbonyl (C=O) groups is 1. The number of carbonyl (C=O) groups excluding carboxylic acids is 1. The minimum absolute atomic E-state index is 0.0562. The van der Waals surface area contributed by atoms with E-state index < -0.39 is 18.0 Å². The fourth-order valence-corrected chi connectivity index (χ4v) is 3.76. The third kappa shape index (κ3) is 3.42. The van der Waals surface area contributed by atoms with E-state index in [-0.39, 0.29) is 11.8 Å². The van der Waals surface area contributed by atoms with E-state index in [1.165, 1.54) is 0 Å². The average Bonchev–Trinajstić information content (AvgIpc) is 2.56. The number of amides is 1. The number of halogens is 2. The van der Waals surface area contributed by atoms with Crippen molar-refractivity contribution in [2.75, 3.05) is 6.54 Å². The summed E-state index contributed by atoms with van der Waals surface area (Å²) < 4.78 is 0. The largest absolute Gasteiger partial charge is 0.369 e. The van der Waals surface area contributed by atoms with Crippen LogP contribution in [0.2, 0.25) is 10.0 Å². The molecule has 4 atom stereocenters. The zero-order valence-corrected chi connectivity index (χ0v) is 14.5. The molecule has 6 heteroatoms. The molecule has 1 aliphatic heterocycles. The average molecular weight is 364 g/mol. The van der Waals surface area contributed by atoms with E-state index in [0.29, 0.717) is 16.6 Å². The van der Waals surface area contributed by atoms with Crippen LogP contribution in [0.1, 0.15) is 23.0 Å². The smallest absolute Gasteiger partial charge is 0.224 e. The van der Waals surface area contributed by atoms with Gasteiger partial charge in [-0.25, -0.2) is 0 Å². The van der Waals surface area contributed by atoms with Crippen molar-refractivity contribution in [3.63, 3.8) is 0 Å². The first-order valence-electron chi connectivity index (χ1n) is 7.76. The van der Waals surface area contributed by atoms with Gasteiger partial charge in [0.25, 0.3) is 0 Å². The highest BCUT2D eigenvalue weighted by molar-refractivity contribution is 6.30. The van der Waals surface area contributed by atoms with Crippen molar-refractivity contribution in [1.29, 1.82) is 0 Å². The van der Waals surface area contributed by atoms with E-state index in [1.807, 2.05) is 48.5 Å². The fourth-order valence-electron chi connectivity index (χ4n) is 3.50. The summed E-state index contributed by atoms with van der Waals surface area (Å²) in [5.41, 5.74) is 13.9. The molecule has 2 aromatic rings. The van der Waals surface area contributed by atoms with Gasteiger partial charge in [0.2, 0.25) is 5.91 Å². The maximum atomic E-state index is 12.1. The second-order valence-corrected chi connectivity index (χ2v) is 6.97. The summed E-state index contributed by atoms with van der Waals surface area (Å²) in [7, 11) is 0. The molecule has 1 saturated heterocycles. The summed E-state index contributed by atoms with van der Waals surface area (Å²) in [4.78, 5) is 12.1. The molecule has 24 heavy (non-hydrogen) atoms. The SMILES string of the molecule is NC(=O)C1C(N)NCC(c2ccc(Cl)cc2)C1c1ccc(Cl)cc1. The minimum atomic E-state index is -0.513. The molecule has 5 N–H and O–H groups in total. The molecule has 0 saturated carbocycles. The summed E-state index contributed by atoms with van der Waals surface area (Å²) >= 11 is 12.0. The summed E-state index contributed by atoms with van der Waals surface area (Å²) in [5.74, 6) is -0.993. The lowest BCUT2D eigenvalue weighted by Crippen LogP contribution is -2.57. The zero-order valence-electron chi connectivity index (χ0n) is 13.0. The number of nitrogens with two attached hydrogens (primary N) is 2. The van der Waals surface area contributed by atoms with E-state index >= 15 is 0 Å². The van der Waals surface area contributed by atoms with Crippen LogP contribution >= 0.6 is 23.2 Å². The van der Waals surface area contributed by atoms with Crippen molar-refractivity contribution in [3.8, 4) is 0 Å². The molecule has 1 heterocycles. The monoisotopic (exact) mass is 363 g/mol. The van der Waals surface area contributed by atoms with Crippen LogP contribution in [0.5, 0.6) is 0 Å². The molecule has 3 rings (SSSR count). The highest BCUT2D eigenvalue weighted by atomic mass is 35.5. The standard InChI is InChI=1S/C18H19Cl2N3O/c19-12-5-1-10(2-6-12)14-9-23-17(21)16(18(22)24)15(14)11-3-7-13(20)8-4-11/h1-8,14-17,23H,9,21H2,(H2,22,24). The quantitative estimate of drug-likeness (QED) is 0.783. The summed E-state index contributed by atoms with van der Waals surface area (Å²) in [5, 5.41) is 4.53. The summed E-state index contributed by atoms with van der Waals surface area (Å²) in [6.45, 7) is 0.653. The normalized spacial score (nSPS) is 27.0. The zero-order chi connectivity index (χ0) is 17.3. The molecule has 0 spiro atoms. The number of benzene rings is 2. The predicted octanol–water partition coefficient (Wildman–Crippen LogP) is 2.85. The van der Waals surface area contributed by atoms with E-state index in [2.05, 4.69) is 5.32 Å². The summed E-state index contributed by atoms with van der Waals surface area (Å²) in [6.07, 6.45) is -0.480. The second-order valence-electron chi connectivity index (χ2n) is 6.10. The highest BCUT2D eigenvalue weighted by Crippen LogP contribution is 2.42. The Kier molecular flexibility index (Phi) is 5.11. The molecule has 4 unspecified atom stereocenters. The van der Waals surface area contributed by atoms with E-state index in [0.717, 1.165) is 11.1 Å². The van der Waals surface area contributed by atoms with Gasteiger partial charge in [0.05, 0.1) is 12.1 Å². The van der Waals surface area contributed by atoms with Crippen LogP contribution in [0.15, 0.2) is 48.5 Å². The Labute approximate surface area is 151 Å². The van der Waals surface area contributed by atoms with E-state index in [9.17, 15) is 4.79 Å². The van der Waals surface area contributed by atoms with Gasteiger partial charge in [-0.15, -0.1) is 0 Å². The molecular formula is C18H19Cl2N3O. The van der Waals surface area contributed by atoms with Gasteiger partial charge in [0.15, 0.2) is 0 Å². The number of rotatable bonds is 3. The first kappa shape index (κ1) is 17.2. The number of primary amides is 1. The second kappa shape index (κ2) is 7.11. The van der Waals surface area contributed by atoms with Gasteiger partial charge >= 0.3 is 0 Å². The molecule has 0 radical (unpaired) electrons. The van der Waals surface area contributed by atoms with Crippen molar-refractivity contribution in [2.24, 2.45) is 17.4 Å². The van der Waals surface area contributed by atoms with Gasteiger partial charge in [-0.1, -0.05) is 47.5 Å². The van der Waals surface area contributed by atoms with Crippen LogP contribution in [0.3, 0.4) is 0 Å². The molecule has 1 aliphatic rings. The molecule has 126 valence electrons. The van der Waals surface area contributed by atoms with Crippen molar-refractivity contribution >= 4 is 29.1 Å². The van der Waals surface area contributed by atoms with Gasteiger partial charge < -0.3 is 16.8 Å². The third-order valence-electron chi connectivity index (χ3n) is 4.66. The van der Waals surface area contributed by atoms with Crippen molar-refractivity contribution in [2.45, 2.75) is 18.0 Å². The molecule has 0 aliphatic carbocycles. The Morgan fingerprint density at radius 1 is 0.958 bits per heavy atom. The van der Waals surface area contributed by atoms with Crippen molar-refractivity contribution < 1.29 is 4.79 Å². The molecule has 4 nitrogen and oxygen atoms in total. The topological polar surface area (TPSA) is 81.1 Å². The lowest BCUT2D eigenvalue weighted by atomic mass is 9.70. The van der Waals surface area contributed by atoms with Crippen molar-refractivity contribution in [1.82, 2.24) is 5.32 Å². The number of hydrogen-bond donors (Lipinski definition) is 3. The first-order chi connectivity index (χ1) is 11.5. The minimum Gasteiger partial charge on any atom is -0.369 e. The molecule has 0 bridgehead atoms. The Balaban J connectivity index is 2.06. The first-order valence-corrected chi connectivity index (χ1v) is 8.52. The van der Waals surface area contributed by atoms with Crippen LogP contribution in [0.25, 0.3) is 0 Å². The maximum Gasteiger partial charge on any atom is 0.224 e. The molecule has 1 amide bonds. The Hall–Kier alpha value is -1.59. The van der Waals surface area contributed by atoms with Crippen LogP contribution in [0, 0.1) is 5.92 Å². The Morgan fingerprint density at radius 2 is 1.46 bits per heavy atom. The number of piperidine rings is 1. The number of nitrogens with one attached hydrogen (secondary N) is 1. The lowest BCUT2D eigenvalue weighted by molar-refractivity contribution is -0.124. The third-order valence-corrected chi connectivity index (χ3v) is 5.17.